The third-order valence-electron chi connectivity index (χ3n) is 5.01. The molecule has 1 aromatic rings. The van der Waals surface area contributed by atoms with Crippen molar-refractivity contribution in [3.05, 3.63) is 64.6 Å². The highest BCUT2D eigenvalue weighted by atomic mass is 32.2. The van der Waals surface area contributed by atoms with E-state index in [-0.39, 0.29) is 23.6 Å². The van der Waals surface area contributed by atoms with Crippen LogP contribution in [0, 0.1) is 5.92 Å². The average Bonchev–Trinajstić information content (AvgIpc) is 2.71. The summed E-state index contributed by atoms with van der Waals surface area (Å²) in [5, 5.41) is 2.98. The van der Waals surface area contributed by atoms with Crippen molar-refractivity contribution in [2.24, 2.45) is 5.92 Å². The standard InChI is InChI=1S/C24H28N2O2S/c1-4-18-9-11-19(12-10-18)15-22-24(28)26(16-23(27)25-14-13-17(2)3)20-7-5-6-8-21(20)29-22/h5-12,15,17,21H,4,13-14,16H2,1-3H3/p+1/b22-15-. The van der Waals surface area contributed by atoms with E-state index < -0.39 is 0 Å². The van der Waals surface area contributed by atoms with Gasteiger partial charge in [-0.1, -0.05) is 75.0 Å². The molecule has 4 nitrogen and oxygen atoms in total. The molecule has 1 heterocycles. The van der Waals surface area contributed by atoms with Crippen LogP contribution in [0.4, 0.5) is 0 Å². The van der Waals surface area contributed by atoms with Crippen LogP contribution in [-0.4, -0.2) is 40.4 Å². The number of fused-ring (bicyclic) bond motifs is 1. The number of nitrogens with zero attached hydrogens (tertiary/aromatic N) is 1. The van der Waals surface area contributed by atoms with Gasteiger partial charge < -0.3 is 5.32 Å². The van der Waals surface area contributed by atoms with Gasteiger partial charge in [0.1, 0.15) is 10.2 Å². The van der Waals surface area contributed by atoms with Crippen molar-refractivity contribution < 1.29 is 14.2 Å². The molecular weight excluding hydrogens is 380 g/mol. The molecule has 0 bridgehead atoms. The fraction of sp³-hybridized carbons (Fsp3) is 0.375. The highest BCUT2D eigenvalue weighted by molar-refractivity contribution is 8.05. The SMILES string of the molecule is CCc1ccc(/C=C2\SC3C=CC=CC3=[N+](CC(=O)NCCC(C)C)C2=O)cc1. The lowest BCUT2D eigenvalue weighted by Gasteiger charge is -2.20. The van der Waals surface area contributed by atoms with E-state index in [1.807, 2.05) is 36.4 Å². The predicted octanol–water partition coefficient (Wildman–Crippen LogP) is 3.97. The molecule has 1 aromatic carbocycles. The summed E-state index contributed by atoms with van der Waals surface area (Å²) in [6.07, 6.45) is 11.8. The Morgan fingerprint density at radius 3 is 2.69 bits per heavy atom. The smallest absolute Gasteiger partial charge is 0.351 e. The Labute approximate surface area is 177 Å². The van der Waals surface area contributed by atoms with E-state index in [2.05, 4.69) is 44.3 Å². The molecule has 1 aliphatic carbocycles. The maximum Gasteiger partial charge on any atom is 0.426 e. The van der Waals surface area contributed by atoms with E-state index in [0.717, 1.165) is 24.1 Å². The van der Waals surface area contributed by atoms with Crippen LogP contribution >= 0.6 is 11.8 Å². The Balaban J connectivity index is 1.82. The molecule has 1 atom stereocenters. The van der Waals surface area contributed by atoms with Gasteiger partial charge >= 0.3 is 5.91 Å². The molecule has 1 unspecified atom stereocenters. The van der Waals surface area contributed by atoms with Gasteiger partial charge in [0.2, 0.25) is 12.3 Å². The summed E-state index contributed by atoms with van der Waals surface area (Å²) >= 11 is 1.54. The zero-order chi connectivity index (χ0) is 20.8. The summed E-state index contributed by atoms with van der Waals surface area (Å²) in [5.41, 5.74) is 3.14. The lowest BCUT2D eigenvalue weighted by Crippen LogP contribution is -2.43. The number of hydrogen-bond donors (Lipinski definition) is 1. The van der Waals surface area contributed by atoms with E-state index in [1.54, 1.807) is 16.3 Å². The summed E-state index contributed by atoms with van der Waals surface area (Å²) in [6, 6.07) is 8.26. The topological polar surface area (TPSA) is 49.2 Å². The molecule has 0 fully saturated rings. The number of rotatable bonds is 7. The van der Waals surface area contributed by atoms with Gasteiger partial charge in [-0.3, -0.25) is 4.79 Å². The minimum Gasteiger partial charge on any atom is -0.351 e. The number of thioether (sulfide) groups is 1. The summed E-state index contributed by atoms with van der Waals surface area (Å²) in [6.45, 7) is 7.06. The Morgan fingerprint density at radius 1 is 1.24 bits per heavy atom. The summed E-state index contributed by atoms with van der Waals surface area (Å²) in [4.78, 5) is 26.3. The maximum absolute atomic E-state index is 13.2. The van der Waals surface area contributed by atoms with E-state index in [0.29, 0.717) is 17.4 Å². The number of benzene rings is 1. The highest BCUT2D eigenvalue weighted by Crippen LogP contribution is 2.32. The molecule has 152 valence electrons. The van der Waals surface area contributed by atoms with Crippen LogP contribution in [-0.2, 0) is 16.0 Å². The first kappa shape index (κ1) is 21.3. The molecule has 3 rings (SSSR count). The molecule has 1 aliphatic heterocycles. The van der Waals surface area contributed by atoms with E-state index in [9.17, 15) is 9.59 Å². The number of carbonyl (C=O) groups excluding carboxylic acids is 2. The molecule has 0 spiro atoms. The Hall–Kier alpha value is -2.40. The molecule has 2 amide bonds. The Morgan fingerprint density at radius 2 is 2.00 bits per heavy atom. The molecular formula is C24H29N2O2S+. The van der Waals surface area contributed by atoms with Crippen molar-refractivity contribution in [2.45, 2.75) is 38.9 Å². The number of carbonyl (C=O) groups is 2. The number of allylic oxidation sites excluding steroid dienone is 3. The van der Waals surface area contributed by atoms with Gasteiger partial charge in [-0.15, -0.1) is 4.58 Å². The van der Waals surface area contributed by atoms with Crippen LogP contribution in [0.5, 0.6) is 0 Å². The zero-order valence-corrected chi connectivity index (χ0v) is 18.2. The lowest BCUT2D eigenvalue weighted by molar-refractivity contribution is -0.434. The molecule has 0 saturated heterocycles. The Kier molecular flexibility index (Phi) is 7.26. The first-order chi connectivity index (χ1) is 14.0. The quantitative estimate of drug-likeness (QED) is 0.548. The van der Waals surface area contributed by atoms with Crippen molar-refractivity contribution in [1.29, 1.82) is 0 Å². The van der Waals surface area contributed by atoms with E-state index in [4.69, 9.17) is 0 Å². The highest BCUT2D eigenvalue weighted by Gasteiger charge is 2.39. The minimum atomic E-state index is -0.119. The Bertz CT molecular complexity index is 892. The van der Waals surface area contributed by atoms with Gasteiger partial charge in [0.15, 0.2) is 0 Å². The molecule has 0 saturated carbocycles. The molecule has 5 heteroatoms. The zero-order valence-electron chi connectivity index (χ0n) is 17.4. The monoisotopic (exact) mass is 409 g/mol. The first-order valence-corrected chi connectivity index (χ1v) is 11.1. The molecule has 0 radical (unpaired) electrons. The van der Waals surface area contributed by atoms with Crippen LogP contribution in [0.2, 0.25) is 0 Å². The number of aryl methyl sites for hydroxylation is 1. The minimum absolute atomic E-state index is 0.0438. The summed E-state index contributed by atoms with van der Waals surface area (Å²) in [5.74, 6) is 0.300. The van der Waals surface area contributed by atoms with Crippen LogP contribution < -0.4 is 5.32 Å². The van der Waals surface area contributed by atoms with Gasteiger partial charge in [-0.2, -0.15) is 0 Å². The molecule has 29 heavy (non-hydrogen) atoms. The van der Waals surface area contributed by atoms with Crippen LogP contribution in [0.15, 0.2) is 53.5 Å². The van der Waals surface area contributed by atoms with Gasteiger partial charge in [-0.25, -0.2) is 4.79 Å². The van der Waals surface area contributed by atoms with Crippen molar-refractivity contribution in [1.82, 2.24) is 5.32 Å². The normalized spacial score (nSPS) is 19.8. The second kappa shape index (κ2) is 9.88. The lowest BCUT2D eigenvalue weighted by atomic mass is 10.1. The summed E-state index contributed by atoms with van der Waals surface area (Å²) < 4.78 is 1.62. The van der Waals surface area contributed by atoms with E-state index >= 15 is 0 Å². The maximum atomic E-state index is 13.2. The largest absolute Gasteiger partial charge is 0.426 e. The molecule has 1 N–H and O–H groups in total. The van der Waals surface area contributed by atoms with Crippen molar-refractivity contribution >= 4 is 35.4 Å². The second-order valence-electron chi connectivity index (χ2n) is 7.73. The third-order valence-corrected chi connectivity index (χ3v) is 6.21. The fourth-order valence-electron chi connectivity index (χ4n) is 3.25. The summed E-state index contributed by atoms with van der Waals surface area (Å²) in [7, 11) is 0. The van der Waals surface area contributed by atoms with Crippen LogP contribution in [0.1, 0.15) is 38.3 Å². The first-order valence-electron chi connectivity index (χ1n) is 10.3. The average molecular weight is 410 g/mol. The van der Waals surface area contributed by atoms with Crippen molar-refractivity contribution in [3.8, 4) is 0 Å². The van der Waals surface area contributed by atoms with Gasteiger partial charge in [0.25, 0.3) is 5.91 Å². The molecule has 0 aromatic heterocycles. The molecule has 2 aliphatic rings. The fourth-order valence-corrected chi connectivity index (χ4v) is 4.44. The van der Waals surface area contributed by atoms with Gasteiger partial charge in [0, 0.05) is 12.6 Å². The van der Waals surface area contributed by atoms with Crippen LogP contribution in [0.3, 0.4) is 0 Å². The van der Waals surface area contributed by atoms with Crippen molar-refractivity contribution in [2.75, 3.05) is 13.1 Å². The van der Waals surface area contributed by atoms with Crippen molar-refractivity contribution in [3.63, 3.8) is 0 Å². The van der Waals surface area contributed by atoms with Crippen LogP contribution in [0.25, 0.3) is 6.08 Å². The van der Waals surface area contributed by atoms with E-state index in [1.165, 1.54) is 5.56 Å². The number of nitrogens with one attached hydrogen (secondary N) is 1. The second-order valence-corrected chi connectivity index (χ2v) is 8.92. The predicted molar refractivity (Wildman–Crippen MR) is 121 cm³/mol. The van der Waals surface area contributed by atoms with Gasteiger partial charge in [-0.05, 0) is 36.0 Å². The number of hydrogen-bond acceptors (Lipinski definition) is 3. The van der Waals surface area contributed by atoms with Gasteiger partial charge in [0.05, 0.1) is 0 Å². The number of amides is 2. The third kappa shape index (κ3) is 5.57.